The first-order chi connectivity index (χ1) is 11.5. The Morgan fingerprint density at radius 1 is 1.21 bits per heavy atom. The van der Waals surface area contributed by atoms with E-state index < -0.39 is 4.92 Å². The Morgan fingerprint density at radius 3 is 2.54 bits per heavy atom. The van der Waals surface area contributed by atoms with Gasteiger partial charge in [-0.2, -0.15) is 0 Å². The van der Waals surface area contributed by atoms with Crippen molar-refractivity contribution in [3.05, 3.63) is 75.0 Å². The highest BCUT2D eigenvalue weighted by atomic mass is 16.6. The van der Waals surface area contributed by atoms with Crippen LogP contribution in [-0.2, 0) is 11.2 Å². The summed E-state index contributed by atoms with van der Waals surface area (Å²) in [5.74, 6) is -0.378. The van der Waals surface area contributed by atoms with Crippen LogP contribution in [0.5, 0.6) is 0 Å². The van der Waals surface area contributed by atoms with Gasteiger partial charge >= 0.3 is 5.97 Å². The zero-order chi connectivity index (χ0) is 17.3. The van der Waals surface area contributed by atoms with Crippen LogP contribution in [0.3, 0.4) is 0 Å². The van der Waals surface area contributed by atoms with Crippen molar-refractivity contribution in [3.63, 3.8) is 0 Å². The summed E-state index contributed by atoms with van der Waals surface area (Å²) in [6.45, 7) is 1.97. The predicted octanol–water partition coefficient (Wildman–Crippen LogP) is 3.76. The highest BCUT2D eigenvalue weighted by Crippen LogP contribution is 2.26. The maximum atomic E-state index is 11.7. The molecule has 0 aliphatic heterocycles. The van der Waals surface area contributed by atoms with Gasteiger partial charge < -0.3 is 9.72 Å². The molecule has 3 aromatic rings. The number of aromatic nitrogens is 1. The molecule has 0 bridgehead atoms. The third kappa shape index (κ3) is 2.86. The lowest BCUT2D eigenvalue weighted by Gasteiger charge is -2.04. The van der Waals surface area contributed by atoms with Crippen molar-refractivity contribution in [1.82, 2.24) is 4.98 Å². The SMILES string of the molecule is COC(=O)c1ccc2[nH]c(C)c(Cc3ccc([N+](=O)[O-])cc3)c2c1. The van der Waals surface area contributed by atoms with E-state index in [1.807, 2.05) is 19.1 Å². The standard InChI is InChI=1S/C18H16N2O4/c1-11-15(9-12-3-6-14(7-4-12)20(22)23)16-10-13(18(21)24-2)5-8-17(16)19-11/h3-8,10,19H,9H2,1-2H3. The molecule has 1 aromatic heterocycles. The highest BCUT2D eigenvalue weighted by molar-refractivity contribution is 5.96. The number of methoxy groups -OCH3 is 1. The number of nitro groups is 1. The van der Waals surface area contributed by atoms with Crippen LogP contribution in [0.2, 0.25) is 0 Å². The minimum absolute atomic E-state index is 0.0716. The van der Waals surface area contributed by atoms with E-state index in [0.717, 1.165) is 27.7 Å². The number of rotatable bonds is 4. The summed E-state index contributed by atoms with van der Waals surface area (Å²) in [5, 5.41) is 11.7. The van der Waals surface area contributed by atoms with Gasteiger partial charge in [0.2, 0.25) is 0 Å². The maximum Gasteiger partial charge on any atom is 0.337 e. The van der Waals surface area contributed by atoms with Crippen molar-refractivity contribution >= 4 is 22.6 Å². The van der Waals surface area contributed by atoms with Crippen molar-refractivity contribution in [2.45, 2.75) is 13.3 Å². The van der Waals surface area contributed by atoms with Crippen LogP contribution in [0.25, 0.3) is 10.9 Å². The second kappa shape index (κ2) is 6.16. The summed E-state index contributed by atoms with van der Waals surface area (Å²) in [5.41, 5.74) is 4.54. The van der Waals surface area contributed by atoms with Gasteiger partial charge in [-0.05, 0) is 42.7 Å². The number of benzene rings is 2. The summed E-state index contributed by atoms with van der Waals surface area (Å²) in [4.78, 5) is 25.4. The number of ether oxygens (including phenoxy) is 1. The van der Waals surface area contributed by atoms with Gasteiger partial charge in [-0.25, -0.2) is 4.79 Å². The average Bonchev–Trinajstić information content (AvgIpc) is 2.89. The highest BCUT2D eigenvalue weighted by Gasteiger charge is 2.13. The summed E-state index contributed by atoms with van der Waals surface area (Å²) in [6, 6.07) is 11.9. The van der Waals surface area contributed by atoms with Crippen LogP contribution in [-0.4, -0.2) is 23.0 Å². The largest absolute Gasteiger partial charge is 0.465 e. The number of nitrogens with one attached hydrogen (secondary N) is 1. The molecule has 0 aliphatic carbocycles. The fraction of sp³-hybridized carbons (Fsp3) is 0.167. The normalized spacial score (nSPS) is 10.8. The summed E-state index contributed by atoms with van der Waals surface area (Å²) in [7, 11) is 1.35. The fourth-order valence-electron chi connectivity index (χ4n) is 2.79. The third-order valence-corrected chi connectivity index (χ3v) is 4.07. The summed E-state index contributed by atoms with van der Waals surface area (Å²) < 4.78 is 4.77. The lowest BCUT2D eigenvalue weighted by atomic mass is 10.0. The molecule has 0 fully saturated rings. The van der Waals surface area contributed by atoms with Crippen molar-refractivity contribution in [2.75, 3.05) is 7.11 Å². The molecule has 3 rings (SSSR count). The lowest BCUT2D eigenvalue weighted by Crippen LogP contribution is -2.00. The Morgan fingerprint density at radius 2 is 1.92 bits per heavy atom. The van der Waals surface area contributed by atoms with E-state index in [1.165, 1.54) is 19.2 Å². The van der Waals surface area contributed by atoms with Crippen LogP contribution < -0.4 is 0 Å². The molecule has 0 saturated carbocycles. The number of aryl methyl sites for hydroxylation is 1. The van der Waals surface area contributed by atoms with Crippen LogP contribution in [0.15, 0.2) is 42.5 Å². The topological polar surface area (TPSA) is 85.2 Å². The first-order valence-corrected chi connectivity index (χ1v) is 7.42. The van der Waals surface area contributed by atoms with Crippen molar-refractivity contribution in [2.24, 2.45) is 0 Å². The number of carbonyl (C=O) groups is 1. The van der Waals surface area contributed by atoms with Gasteiger partial charge in [-0.1, -0.05) is 12.1 Å². The molecule has 0 amide bonds. The molecule has 0 saturated heterocycles. The number of fused-ring (bicyclic) bond motifs is 1. The van der Waals surface area contributed by atoms with Gasteiger partial charge in [0.1, 0.15) is 0 Å². The first kappa shape index (κ1) is 15.7. The van der Waals surface area contributed by atoms with E-state index in [9.17, 15) is 14.9 Å². The Hall–Kier alpha value is -3.15. The molecule has 1 N–H and O–H groups in total. The quantitative estimate of drug-likeness (QED) is 0.450. The monoisotopic (exact) mass is 324 g/mol. The minimum atomic E-state index is -0.413. The van der Waals surface area contributed by atoms with Gasteiger partial charge in [0.05, 0.1) is 17.6 Å². The second-order valence-corrected chi connectivity index (χ2v) is 5.58. The van der Waals surface area contributed by atoms with E-state index >= 15 is 0 Å². The van der Waals surface area contributed by atoms with Crippen molar-refractivity contribution in [1.29, 1.82) is 0 Å². The van der Waals surface area contributed by atoms with Crippen LogP contribution in [0.4, 0.5) is 5.69 Å². The first-order valence-electron chi connectivity index (χ1n) is 7.42. The zero-order valence-corrected chi connectivity index (χ0v) is 13.3. The van der Waals surface area contributed by atoms with E-state index in [2.05, 4.69) is 4.98 Å². The number of hydrogen-bond acceptors (Lipinski definition) is 4. The Kier molecular flexibility index (Phi) is 4.04. The summed E-state index contributed by atoms with van der Waals surface area (Å²) in [6.07, 6.45) is 0.619. The molecule has 1 heterocycles. The number of hydrogen-bond donors (Lipinski definition) is 1. The molecule has 0 aliphatic rings. The van der Waals surface area contributed by atoms with Gasteiger partial charge in [-0.3, -0.25) is 10.1 Å². The van der Waals surface area contributed by atoms with E-state index in [0.29, 0.717) is 12.0 Å². The number of H-pyrrole nitrogens is 1. The second-order valence-electron chi connectivity index (χ2n) is 5.58. The Balaban J connectivity index is 2.00. The van der Waals surface area contributed by atoms with Gasteiger partial charge in [0, 0.05) is 28.7 Å². The van der Waals surface area contributed by atoms with Crippen LogP contribution in [0.1, 0.15) is 27.2 Å². The molecule has 6 heteroatoms. The molecular weight excluding hydrogens is 308 g/mol. The molecule has 2 aromatic carbocycles. The average molecular weight is 324 g/mol. The lowest BCUT2D eigenvalue weighted by molar-refractivity contribution is -0.384. The van der Waals surface area contributed by atoms with Gasteiger partial charge in [0.15, 0.2) is 0 Å². The number of carbonyl (C=O) groups excluding carboxylic acids is 1. The molecule has 0 atom stereocenters. The minimum Gasteiger partial charge on any atom is -0.465 e. The number of aromatic amines is 1. The Bertz CT molecular complexity index is 926. The van der Waals surface area contributed by atoms with Crippen molar-refractivity contribution < 1.29 is 14.5 Å². The number of nitrogens with zero attached hydrogens (tertiary/aromatic N) is 1. The van der Waals surface area contributed by atoms with E-state index in [1.54, 1.807) is 18.2 Å². The molecule has 0 radical (unpaired) electrons. The van der Waals surface area contributed by atoms with Gasteiger partial charge in [0.25, 0.3) is 5.69 Å². The molecule has 122 valence electrons. The summed E-state index contributed by atoms with van der Waals surface area (Å²) >= 11 is 0. The zero-order valence-electron chi connectivity index (χ0n) is 13.3. The fourth-order valence-corrected chi connectivity index (χ4v) is 2.79. The van der Waals surface area contributed by atoms with E-state index in [-0.39, 0.29) is 11.7 Å². The molecule has 24 heavy (non-hydrogen) atoms. The molecule has 0 spiro atoms. The molecular formula is C18H16N2O4. The molecule has 0 unspecified atom stereocenters. The smallest absolute Gasteiger partial charge is 0.337 e. The Labute approximate surface area is 138 Å². The molecule has 6 nitrogen and oxygen atoms in total. The van der Waals surface area contributed by atoms with Crippen LogP contribution >= 0.6 is 0 Å². The number of nitro benzene ring substituents is 1. The third-order valence-electron chi connectivity index (χ3n) is 4.07. The predicted molar refractivity (Wildman–Crippen MR) is 90.3 cm³/mol. The number of esters is 1. The van der Waals surface area contributed by atoms with Crippen LogP contribution in [0, 0.1) is 17.0 Å². The van der Waals surface area contributed by atoms with Gasteiger partial charge in [-0.15, -0.1) is 0 Å². The number of non-ortho nitro benzene ring substituents is 1. The maximum absolute atomic E-state index is 11.7. The van der Waals surface area contributed by atoms with Crippen molar-refractivity contribution in [3.8, 4) is 0 Å². The van der Waals surface area contributed by atoms with E-state index in [4.69, 9.17) is 4.74 Å².